The van der Waals surface area contributed by atoms with Gasteiger partial charge in [-0.25, -0.2) is 0 Å². The van der Waals surface area contributed by atoms with E-state index < -0.39 is 12.1 Å². The second kappa shape index (κ2) is 63.1. The first-order chi connectivity index (χ1) is 37.0. The second-order valence-corrected chi connectivity index (χ2v) is 21.3. The van der Waals surface area contributed by atoms with Gasteiger partial charge in [0.05, 0.1) is 6.42 Å². The summed E-state index contributed by atoms with van der Waals surface area (Å²) < 4.78 is 16.8. The van der Waals surface area contributed by atoms with E-state index in [0.29, 0.717) is 12.8 Å². The van der Waals surface area contributed by atoms with Gasteiger partial charge >= 0.3 is 17.9 Å². The number of hydrogen-bond donors (Lipinski definition) is 0. The molecule has 75 heavy (non-hydrogen) atoms. The van der Waals surface area contributed by atoms with Crippen LogP contribution in [0.4, 0.5) is 0 Å². The van der Waals surface area contributed by atoms with Crippen molar-refractivity contribution in [2.45, 2.75) is 322 Å². The fourth-order valence-corrected chi connectivity index (χ4v) is 9.14. The summed E-state index contributed by atoms with van der Waals surface area (Å²) in [5.74, 6) is -1.05. The number of rotatable bonds is 58. The molecule has 1 atom stereocenters. The van der Waals surface area contributed by atoms with Gasteiger partial charge in [-0.2, -0.15) is 0 Å². The minimum absolute atomic E-state index is 0.0947. The molecule has 0 saturated heterocycles. The fourth-order valence-electron chi connectivity index (χ4n) is 9.14. The summed E-state index contributed by atoms with van der Waals surface area (Å²) in [6.07, 6.45) is 83.5. The van der Waals surface area contributed by atoms with Crippen LogP contribution in [0, 0.1) is 0 Å². The van der Waals surface area contributed by atoms with Gasteiger partial charge in [-0.05, 0) is 77.0 Å². The zero-order valence-electron chi connectivity index (χ0n) is 49.6. The molecule has 0 saturated carbocycles. The number of carbonyl (C=O) groups excluding carboxylic acids is 3. The smallest absolute Gasteiger partial charge is 0.310 e. The Hall–Kier alpha value is -3.41. The minimum Gasteiger partial charge on any atom is -0.462 e. The largest absolute Gasteiger partial charge is 0.462 e. The summed E-state index contributed by atoms with van der Waals surface area (Å²) in [5, 5.41) is 0. The topological polar surface area (TPSA) is 78.9 Å². The lowest BCUT2D eigenvalue weighted by atomic mass is 10.0. The Bertz CT molecular complexity index is 1430. The molecule has 0 aliphatic carbocycles. The van der Waals surface area contributed by atoms with Crippen LogP contribution in [0.5, 0.6) is 0 Å². The van der Waals surface area contributed by atoms with Crippen molar-refractivity contribution in [3.63, 3.8) is 0 Å². The van der Waals surface area contributed by atoms with Crippen molar-refractivity contribution >= 4 is 17.9 Å². The molecule has 0 aliphatic rings. The zero-order chi connectivity index (χ0) is 54.3. The minimum atomic E-state index is -0.837. The lowest BCUT2D eigenvalue weighted by Gasteiger charge is -2.18. The third kappa shape index (κ3) is 61.3. The number of carbonyl (C=O) groups is 3. The normalized spacial score (nSPS) is 12.6. The molecule has 0 heterocycles. The van der Waals surface area contributed by atoms with E-state index in [1.807, 2.05) is 6.08 Å². The van der Waals surface area contributed by atoms with Gasteiger partial charge in [-0.15, -0.1) is 0 Å². The summed E-state index contributed by atoms with van der Waals surface area (Å²) in [4.78, 5) is 38.2. The standard InChI is InChI=1S/C69H120O6/c1-4-7-10-13-16-19-22-25-28-29-30-31-32-33-34-35-36-37-38-39-42-44-47-50-53-56-59-62-68(71)74-65-66(75-69(72)63-60-57-54-51-48-45-41-27-24-21-18-15-12-9-6-3)64-73-67(70)61-58-55-52-49-46-43-40-26-23-20-17-14-11-8-5-2/h9,12,17-18,20-21,26-27,40-41,48,51,57,60,66H,4-8,10-11,13-16,19,22-25,28-39,42-47,49-50,52-56,58-59,61-65H2,1-3H3/b12-9-,20-17-,21-18-,40-26-,41-27-,51-48-,60-57-. The van der Waals surface area contributed by atoms with Crippen molar-refractivity contribution in [3.8, 4) is 0 Å². The lowest BCUT2D eigenvalue weighted by Crippen LogP contribution is -2.30. The van der Waals surface area contributed by atoms with Crippen LogP contribution in [0.3, 0.4) is 0 Å². The Kier molecular flexibility index (Phi) is 60.3. The van der Waals surface area contributed by atoms with E-state index >= 15 is 0 Å². The summed E-state index contributed by atoms with van der Waals surface area (Å²) in [5.41, 5.74) is 0. The van der Waals surface area contributed by atoms with Crippen molar-refractivity contribution in [1.29, 1.82) is 0 Å². The molecule has 0 bridgehead atoms. The van der Waals surface area contributed by atoms with Crippen LogP contribution in [0.15, 0.2) is 85.1 Å². The van der Waals surface area contributed by atoms with E-state index in [0.717, 1.165) is 96.3 Å². The van der Waals surface area contributed by atoms with Gasteiger partial charge in [0, 0.05) is 12.8 Å². The molecule has 0 amide bonds. The zero-order valence-corrected chi connectivity index (χ0v) is 49.6. The third-order valence-corrected chi connectivity index (χ3v) is 13.9. The Morgan fingerprint density at radius 3 is 0.907 bits per heavy atom. The Morgan fingerprint density at radius 1 is 0.293 bits per heavy atom. The van der Waals surface area contributed by atoms with E-state index in [4.69, 9.17) is 14.2 Å². The molecular formula is C69H120O6. The molecule has 0 radical (unpaired) electrons. The molecule has 6 nitrogen and oxygen atoms in total. The molecule has 0 aromatic heterocycles. The van der Waals surface area contributed by atoms with Crippen LogP contribution < -0.4 is 0 Å². The molecule has 6 heteroatoms. The summed E-state index contributed by atoms with van der Waals surface area (Å²) >= 11 is 0. The first kappa shape index (κ1) is 71.6. The van der Waals surface area contributed by atoms with Crippen LogP contribution in [0.25, 0.3) is 0 Å². The van der Waals surface area contributed by atoms with Crippen LogP contribution >= 0.6 is 0 Å². The van der Waals surface area contributed by atoms with Crippen LogP contribution in [-0.2, 0) is 28.6 Å². The average molecular weight is 1050 g/mol. The lowest BCUT2D eigenvalue weighted by molar-refractivity contribution is -0.166. The van der Waals surface area contributed by atoms with E-state index in [1.54, 1.807) is 6.08 Å². The predicted molar refractivity (Wildman–Crippen MR) is 325 cm³/mol. The van der Waals surface area contributed by atoms with Gasteiger partial charge in [0.25, 0.3) is 0 Å². The molecular weight excluding hydrogens is 925 g/mol. The number of esters is 3. The molecule has 0 aromatic rings. The fraction of sp³-hybridized carbons (Fsp3) is 0.754. The summed E-state index contributed by atoms with van der Waals surface area (Å²) in [7, 11) is 0. The molecule has 0 spiro atoms. The predicted octanol–water partition coefficient (Wildman–Crippen LogP) is 21.9. The second-order valence-electron chi connectivity index (χ2n) is 21.3. The molecule has 0 fully saturated rings. The average Bonchev–Trinajstić information content (AvgIpc) is 3.41. The van der Waals surface area contributed by atoms with E-state index in [1.165, 1.54) is 180 Å². The van der Waals surface area contributed by atoms with E-state index in [-0.39, 0.29) is 31.6 Å². The van der Waals surface area contributed by atoms with Gasteiger partial charge in [0.15, 0.2) is 6.10 Å². The van der Waals surface area contributed by atoms with Crippen LogP contribution in [0.2, 0.25) is 0 Å². The molecule has 432 valence electrons. The molecule has 0 aliphatic heterocycles. The van der Waals surface area contributed by atoms with E-state index in [9.17, 15) is 14.4 Å². The maximum Gasteiger partial charge on any atom is 0.310 e. The maximum atomic E-state index is 12.8. The molecule has 0 rings (SSSR count). The highest BCUT2D eigenvalue weighted by molar-refractivity contribution is 5.72. The SMILES string of the molecule is CC/C=C\C/C=C\C/C=C\C/C=C\C/C=C\CC(=O)OC(COC(=O)CCCCCCC/C=C\C/C=C\CCCCC)COC(=O)CCCCCCCCCCCCCCCCCCCCCCCCCCCCC. The summed E-state index contributed by atoms with van der Waals surface area (Å²) in [6, 6.07) is 0. The van der Waals surface area contributed by atoms with Crippen molar-refractivity contribution in [2.24, 2.45) is 0 Å². The van der Waals surface area contributed by atoms with E-state index in [2.05, 4.69) is 93.7 Å². The van der Waals surface area contributed by atoms with Crippen molar-refractivity contribution < 1.29 is 28.6 Å². The number of ether oxygens (including phenoxy) is 3. The highest BCUT2D eigenvalue weighted by Crippen LogP contribution is 2.17. The number of hydrogen-bond acceptors (Lipinski definition) is 6. The van der Waals surface area contributed by atoms with Crippen molar-refractivity contribution in [3.05, 3.63) is 85.1 Å². The Morgan fingerprint density at radius 2 is 0.560 bits per heavy atom. The van der Waals surface area contributed by atoms with Crippen LogP contribution in [0.1, 0.15) is 316 Å². The summed E-state index contributed by atoms with van der Waals surface area (Å²) in [6.45, 7) is 6.44. The third-order valence-electron chi connectivity index (χ3n) is 13.9. The van der Waals surface area contributed by atoms with Crippen LogP contribution in [-0.4, -0.2) is 37.2 Å². The highest BCUT2D eigenvalue weighted by atomic mass is 16.6. The molecule has 0 N–H and O–H groups in total. The van der Waals surface area contributed by atoms with Crippen molar-refractivity contribution in [2.75, 3.05) is 13.2 Å². The highest BCUT2D eigenvalue weighted by Gasteiger charge is 2.19. The van der Waals surface area contributed by atoms with Crippen molar-refractivity contribution in [1.82, 2.24) is 0 Å². The van der Waals surface area contributed by atoms with Gasteiger partial charge in [0.2, 0.25) is 0 Å². The Labute approximate surface area is 465 Å². The number of allylic oxidation sites excluding steroid dienone is 13. The van der Waals surface area contributed by atoms with Gasteiger partial charge in [-0.1, -0.05) is 305 Å². The van der Waals surface area contributed by atoms with Gasteiger partial charge in [0.1, 0.15) is 13.2 Å². The first-order valence-electron chi connectivity index (χ1n) is 32.1. The maximum absolute atomic E-state index is 12.8. The quantitative estimate of drug-likeness (QED) is 0.0261. The van der Waals surface area contributed by atoms with Gasteiger partial charge < -0.3 is 14.2 Å². The number of unbranched alkanes of at least 4 members (excludes halogenated alkanes) is 34. The Balaban J connectivity index is 4.31. The van der Waals surface area contributed by atoms with Gasteiger partial charge in [-0.3, -0.25) is 14.4 Å². The first-order valence-corrected chi connectivity index (χ1v) is 32.1. The monoisotopic (exact) mass is 1040 g/mol. The molecule has 0 aromatic carbocycles. The molecule has 1 unspecified atom stereocenters.